The van der Waals surface area contributed by atoms with Crippen LogP contribution < -0.4 is 5.32 Å². The summed E-state index contributed by atoms with van der Waals surface area (Å²) in [6.45, 7) is 0. The highest BCUT2D eigenvalue weighted by Gasteiger charge is 2.08. The number of para-hydroxylation sites is 1. The van der Waals surface area contributed by atoms with E-state index in [2.05, 4.69) is 32.9 Å². The molecule has 0 unspecified atom stereocenters. The van der Waals surface area contributed by atoms with E-state index >= 15 is 0 Å². The Labute approximate surface area is 130 Å². The van der Waals surface area contributed by atoms with E-state index in [4.69, 9.17) is 0 Å². The second kappa shape index (κ2) is 5.58. The number of fused-ring (bicyclic) bond motifs is 1. The molecule has 3 rings (SSSR count). The molecule has 0 saturated carbocycles. The van der Waals surface area contributed by atoms with Gasteiger partial charge in [-0.3, -0.25) is 9.78 Å². The molecule has 1 aromatic heterocycles. The maximum Gasteiger partial charge on any atom is 0.255 e. The Kier molecular flexibility index (Phi) is 3.64. The summed E-state index contributed by atoms with van der Waals surface area (Å²) in [6, 6.07) is 17.0. The smallest absolute Gasteiger partial charge is 0.255 e. The van der Waals surface area contributed by atoms with Gasteiger partial charge >= 0.3 is 0 Å². The van der Waals surface area contributed by atoms with Crippen molar-refractivity contribution < 1.29 is 4.79 Å². The highest BCUT2D eigenvalue weighted by molar-refractivity contribution is 14.1. The largest absolute Gasteiger partial charge is 0.321 e. The molecule has 20 heavy (non-hydrogen) atoms. The maximum absolute atomic E-state index is 12.3. The lowest BCUT2D eigenvalue weighted by Crippen LogP contribution is -2.12. The van der Waals surface area contributed by atoms with Crippen LogP contribution in [0.4, 0.5) is 5.69 Å². The number of hydrogen-bond acceptors (Lipinski definition) is 2. The van der Waals surface area contributed by atoms with Crippen molar-refractivity contribution >= 4 is 45.1 Å². The zero-order chi connectivity index (χ0) is 13.9. The number of pyridine rings is 1. The minimum Gasteiger partial charge on any atom is -0.321 e. The number of benzene rings is 2. The van der Waals surface area contributed by atoms with Crippen LogP contribution in [-0.2, 0) is 0 Å². The van der Waals surface area contributed by atoms with E-state index in [1.165, 1.54) is 0 Å². The standard InChI is InChI=1S/C16H11IN2O/c17-13-5-1-2-6-15(13)19-16(20)12-7-8-14-11(10-12)4-3-9-18-14/h1-10H,(H,19,20). The van der Waals surface area contributed by atoms with E-state index < -0.39 is 0 Å². The molecule has 0 aliphatic carbocycles. The average Bonchev–Trinajstić information content (AvgIpc) is 2.49. The van der Waals surface area contributed by atoms with E-state index in [1.807, 2.05) is 48.5 Å². The summed E-state index contributed by atoms with van der Waals surface area (Å²) in [5.74, 6) is -0.111. The van der Waals surface area contributed by atoms with Gasteiger partial charge in [0.15, 0.2) is 0 Å². The molecule has 98 valence electrons. The van der Waals surface area contributed by atoms with Crippen LogP contribution in [0.3, 0.4) is 0 Å². The van der Waals surface area contributed by atoms with Crippen LogP contribution in [0, 0.1) is 3.57 Å². The molecular weight excluding hydrogens is 363 g/mol. The number of anilines is 1. The van der Waals surface area contributed by atoms with E-state index in [0.717, 1.165) is 20.2 Å². The molecule has 0 aliphatic rings. The topological polar surface area (TPSA) is 42.0 Å². The zero-order valence-corrected chi connectivity index (χ0v) is 12.7. The number of carbonyl (C=O) groups excluding carboxylic acids is 1. The van der Waals surface area contributed by atoms with Gasteiger partial charge in [0.05, 0.1) is 11.2 Å². The van der Waals surface area contributed by atoms with Crippen LogP contribution in [0.15, 0.2) is 60.8 Å². The molecule has 0 saturated heterocycles. The van der Waals surface area contributed by atoms with Gasteiger partial charge in [0, 0.05) is 20.7 Å². The number of nitrogens with one attached hydrogen (secondary N) is 1. The first kappa shape index (κ1) is 13.1. The molecule has 4 heteroatoms. The average molecular weight is 374 g/mol. The maximum atomic E-state index is 12.3. The zero-order valence-electron chi connectivity index (χ0n) is 10.5. The number of nitrogens with zero attached hydrogens (tertiary/aromatic N) is 1. The third-order valence-corrected chi connectivity index (χ3v) is 3.93. The quantitative estimate of drug-likeness (QED) is 0.687. The molecule has 0 aliphatic heterocycles. The number of rotatable bonds is 2. The lowest BCUT2D eigenvalue weighted by atomic mass is 10.1. The van der Waals surface area contributed by atoms with Gasteiger partial charge in [-0.15, -0.1) is 0 Å². The van der Waals surface area contributed by atoms with Crippen LogP contribution in [0.1, 0.15) is 10.4 Å². The Balaban J connectivity index is 1.91. The highest BCUT2D eigenvalue weighted by Crippen LogP contribution is 2.19. The summed E-state index contributed by atoms with van der Waals surface area (Å²) >= 11 is 2.20. The summed E-state index contributed by atoms with van der Waals surface area (Å²) in [6.07, 6.45) is 1.74. The fourth-order valence-electron chi connectivity index (χ4n) is 1.97. The van der Waals surface area contributed by atoms with Gasteiger partial charge in [-0.1, -0.05) is 18.2 Å². The van der Waals surface area contributed by atoms with Gasteiger partial charge in [0.25, 0.3) is 5.91 Å². The van der Waals surface area contributed by atoms with E-state index in [0.29, 0.717) is 5.56 Å². The van der Waals surface area contributed by atoms with Crippen LogP contribution in [0.2, 0.25) is 0 Å². The van der Waals surface area contributed by atoms with Crippen molar-refractivity contribution in [3.05, 3.63) is 69.9 Å². The molecule has 0 atom stereocenters. The van der Waals surface area contributed by atoms with Gasteiger partial charge in [-0.2, -0.15) is 0 Å². The number of aromatic nitrogens is 1. The summed E-state index contributed by atoms with van der Waals surface area (Å²) in [5, 5.41) is 3.89. The van der Waals surface area contributed by atoms with Gasteiger partial charge in [-0.25, -0.2) is 0 Å². The SMILES string of the molecule is O=C(Nc1ccccc1I)c1ccc2ncccc2c1. The molecular formula is C16H11IN2O. The number of amides is 1. The first-order valence-corrected chi connectivity index (χ1v) is 7.22. The van der Waals surface area contributed by atoms with Crippen molar-refractivity contribution in [1.82, 2.24) is 4.98 Å². The van der Waals surface area contributed by atoms with Crippen molar-refractivity contribution in [2.75, 3.05) is 5.32 Å². The summed E-state index contributed by atoms with van der Waals surface area (Å²) in [7, 11) is 0. The molecule has 0 spiro atoms. The number of hydrogen-bond donors (Lipinski definition) is 1. The lowest BCUT2D eigenvalue weighted by Gasteiger charge is -2.07. The van der Waals surface area contributed by atoms with Crippen LogP contribution in [-0.4, -0.2) is 10.9 Å². The predicted octanol–water partition coefficient (Wildman–Crippen LogP) is 4.09. The van der Waals surface area contributed by atoms with Crippen LogP contribution >= 0.6 is 22.6 Å². The summed E-state index contributed by atoms with van der Waals surface area (Å²) in [5.41, 5.74) is 2.34. The second-order valence-electron chi connectivity index (χ2n) is 4.34. The summed E-state index contributed by atoms with van der Waals surface area (Å²) in [4.78, 5) is 16.5. The first-order valence-electron chi connectivity index (χ1n) is 6.15. The molecule has 0 bridgehead atoms. The Hall–Kier alpha value is -1.95. The number of carbonyl (C=O) groups is 1. The lowest BCUT2D eigenvalue weighted by molar-refractivity contribution is 0.102. The normalized spacial score (nSPS) is 10.4. The van der Waals surface area contributed by atoms with Crippen LogP contribution in [0.25, 0.3) is 10.9 Å². The van der Waals surface area contributed by atoms with E-state index in [-0.39, 0.29) is 5.91 Å². The second-order valence-corrected chi connectivity index (χ2v) is 5.51. The van der Waals surface area contributed by atoms with Crippen molar-refractivity contribution in [2.45, 2.75) is 0 Å². The Morgan fingerprint density at radius 3 is 2.75 bits per heavy atom. The fraction of sp³-hybridized carbons (Fsp3) is 0. The fourth-order valence-corrected chi connectivity index (χ4v) is 2.50. The van der Waals surface area contributed by atoms with Crippen LogP contribution in [0.5, 0.6) is 0 Å². The first-order chi connectivity index (χ1) is 9.74. The van der Waals surface area contributed by atoms with Gasteiger partial charge in [0.2, 0.25) is 0 Å². The Morgan fingerprint density at radius 1 is 1.05 bits per heavy atom. The molecule has 1 amide bonds. The van der Waals surface area contributed by atoms with E-state index in [9.17, 15) is 4.79 Å². The predicted molar refractivity (Wildman–Crippen MR) is 88.9 cm³/mol. The molecule has 3 nitrogen and oxygen atoms in total. The van der Waals surface area contributed by atoms with Crippen molar-refractivity contribution in [2.24, 2.45) is 0 Å². The minimum atomic E-state index is -0.111. The minimum absolute atomic E-state index is 0.111. The molecule has 3 aromatic rings. The third-order valence-electron chi connectivity index (χ3n) is 2.99. The molecule has 0 radical (unpaired) electrons. The molecule has 0 fully saturated rings. The molecule has 1 N–H and O–H groups in total. The monoisotopic (exact) mass is 374 g/mol. The Bertz CT molecular complexity index is 786. The van der Waals surface area contributed by atoms with Gasteiger partial charge in [-0.05, 0) is 59.0 Å². The van der Waals surface area contributed by atoms with Gasteiger partial charge < -0.3 is 5.32 Å². The van der Waals surface area contributed by atoms with Crippen molar-refractivity contribution in [3.63, 3.8) is 0 Å². The Morgan fingerprint density at radius 2 is 1.90 bits per heavy atom. The molecule has 1 heterocycles. The van der Waals surface area contributed by atoms with Gasteiger partial charge in [0.1, 0.15) is 0 Å². The summed E-state index contributed by atoms with van der Waals surface area (Å²) < 4.78 is 1.01. The third kappa shape index (κ3) is 2.65. The highest BCUT2D eigenvalue weighted by atomic mass is 127. The van der Waals surface area contributed by atoms with Crippen molar-refractivity contribution in [1.29, 1.82) is 0 Å². The number of halogens is 1. The van der Waals surface area contributed by atoms with E-state index in [1.54, 1.807) is 12.3 Å². The molecule has 2 aromatic carbocycles. The van der Waals surface area contributed by atoms with Crippen molar-refractivity contribution in [3.8, 4) is 0 Å².